The summed E-state index contributed by atoms with van der Waals surface area (Å²) in [4.78, 5) is 16.6. The summed E-state index contributed by atoms with van der Waals surface area (Å²) in [6.07, 6.45) is 0.219. The number of hydrogen-bond acceptors (Lipinski definition) is 3. The fraction of sp³-hybridized carbons (Fsp3) is 0.286. The molecule has 94 valence electrons. The summed E-state index contributed by atoms with van der Waals surface area (Å²) < 4.78 is 0. The van der Waals surface area contributed by atoms with Crippen molar-refractivity contribution >= 4 is 17.2 Å². The minimum absolute atomic E-state index is 0.219. The molecule has 1 amide bonds. The molecule has 0 saturated carbocycles. The van der Waals surface area contributed by atoms with E-state index in [-0.39, 0.29) is 12.3 Å². The van der Waals surface area contributed by atoms with Crippen LogP contribution in [-0.4, -0.2) is 10.9 Å². The van der Waals surface area contributed by atoms with Crippen molar-refractivity contribution in [2.45, 2.75) is 27.2 Å². The van der Waals surface area contributed by atoms with E-state index in [1.807, 2.05) is 6.92 Å². The number of carbonyl (C=O) groups excluding carboxylic acids is 1. The van der Waals surface area contributed by atoms with E-state index in [4.69, 9.17) is 5.73 Å². The van der Waals surface area contributed by atoms with Gasteiger partial charge in [0.05, 0.1) is 12.1 Å². The molecule has 0 radical (unpaired) electrons. The summed E-state index contributed by atoms with van der Waals surface area (Å²) in [6, 6.07) is 6.31. The van der Waals surface area contributed by atoms with Crippen LogP contribution in [0, 0.1) is 20.8 Å². The predicted octanol–water partition coefficient (Wildman–Crippen LogP) is 2.76. The van der Waals surface area contributed by atoms with Gasteiger partial charge in [-0.15, -0.1) is 11.3 Å². The molecule has 0 aliphatic heterocycles. The van der Waals surface area contributed by atoms with E-state index in [1.165, 1.54) is 11.1 Å². The minimum Gasteiger partial charge on any atom is -0.369 e. The largest absolute Gasteiger partial charge is 0.369 e. The van der Waals surface area contributed by atoms with Gasteiger partial charge in [-0.25, -0.2) is 4.98 Å². The maximum atomic E-state index is 10.9. The summed E-state index contributed by atoms with van der Waals surface area (Å²) in [6.45, 7) is 6.16. The van der Waals surface area contributed by atoms with Crippen LogP contribution in [0.4, 0.5) is 0 Å². The van der Waals surface area contributed by atoms with Gasteiger partial charge < -0.3 is 5.73 Å². The number of primary amides is 1. The molecule has 1 aromatic carbocycles. The Morgan fingerprint density at radius 3 is 2.72 bits per heavy atom. The normalized spacial score (nSPS) is 10.6. The van der Waals surface area contributed by atoms with Gasteiger partial charge in [-0.1, -0.05) is 17.7 Å². The number of hydrogen-bond donors (Lipinski definition) is 1. The molecule has 4 heteroatoms. The smallest absolute Gasteiger partial charge is 0.224 e. The first kappa shape index (κ1) is 12.8. The first-order chi connectivity index (χ1) is 8.47. The second-order valence-electron chi connectivity index (χ2n) is 4.47. The summed E-state index contributed by atoms with van der Waals surface area (Å²) in [5, 5.41) is 0.788. The molecular weight excluding hydrogens is 244 g/mol. The second kappa shape index (κ2) is 4.90. The quantitative estimate of drug-likeness (QED) is 0.922. The first-order valence-electron chi connectivity index (χ1n) is 5.79. The van der Waals surface area contributed by atoms with Crippen molar-refractivity contribution in [3.63, 3.8) is 0 Å². The summed E-state index contributed by atoms with van der Waals surface area (Å²) in [5.74, 6) is -0.337. The summed E-state index contributed by atoms with van der Waals surface area (Å²) in [5.41, 5.74) is 9.71. The average Bonchev–Trinajstić information content (AvgIpc) is 2.62. The number of nitrogens with two attached hydrogens (primary N) is 1. The Morgan fingerprint density at radius 2 is 2.06 bits per heavy atom. The molecule has 1 heterocycles. The number of rotatable bonds is 3. The zero-order valence-electron chi connectivity index (χ0n) is 10.8. The van der Waals surface area contributed by atoms with Crippen molar-refractivity contribution in [3.05, 3.63) is 39.2 Å². The van der Waals surface area contributed by atoms with Crippen LogP contribution in [-0.2, 0) is 11.2 Å². The number of nitrogens with zero attached hydrogens (tertiary/aromatic N) is 1. The molecule has 0 atom stereocenters. The van der Waals surface area contributed by atoms with E-state index in [0.29, 0.717) is 0 Å². The maximum absolute atomic E-state index is 10.9. The number of benzene rings is 1. The van der Waals surface area contributed by atoms with Gasteiger partial charge >= 0.3 is 0 Å². The van der Waals surface area contributed by atoms with E-state index in [9.17, 15) is 4.79 Å². The molecule has 3 nitrogen and oxygen atoms in total. The van der Waals surface area contributed by atoms with Gasteiger partial charge in [-0.05, 0) is 32.4 Å². The van der Waals surface area contributed by atoms with Gasteiger partial charge in [0.1, 0.15) is 5.01 Å². The standard InChI is InChI=1S/C14H16N2OS/c1-8-4-5-9(2)11(6-8)14-10(3)18-13(16-14)7-12(15)17/h4-6H,7H2,1-3H3,(H2,15,17). The van der Waals surface area contributed by atoms with Crippen LogP contribution < -0.4 is 5.73 Å². The monoisotopic (exact) mass is 260 g/mol. The maximum Gasteiger partial charge on any atom is 0.224 e. The molecule has 0 saturated heterocycles. The highest BCUT2D eigenvalue weighted by Crippen LogP contribution is 2.30. The third-order valence-electron chi connectivity index (χ3n) is 2.81. The van der Waals surface area contributed by atoms with E-state index < -0.39 is 0 Å². The third-order valence-corrected chi connectivity index (χ3v) is 3.79. The van der Waals surface area contributed by atoms with Crippen LogP contribution in [0.25, 0.3) is 11.3 Å². The Morgan fingerprint density at radius 1 is 1.33 bits per heavy atom. The Hall–Kier alpha value is -1.68. The summed E-state index contributed by atoms with van der Waals surface area (Å²) >= 11 is 1.54. The fourth-order valence-corrected chi connectivity index (χ4v) is 2.87. The predicted molar refractivity (Wildman–Crippen MR) is 74.7 cm³/mol. The average molecular weight is 260 g/mol. The molecule has 2 aromatic rings. The van der Waals surface area contributed by atoms with Gasteiger partial charge in [0.15, 0.2) is 0 Å². The van der Waals surface area contributed by atoms with Gasteiger partial charge in [0.2, 0.25) is 5.91 Å². The highest BCUT2D eigenvalue weighted by molar-refractivity contribution is 7.12. The molecule has 1 aromatic heterocycles. The number of aryl methyl sites for hydroxylation is 3. The molecule has 0 aliphatic rings. The van der Waals surface area contributed by atoms with Gasteiger partial charge in [0, 0.05) is 10.4 Å². The molecule has 0 fully saturated rings. The number of thiazole rings is 1. The van der Waals surface area contributed by atoms with Gasteiger partial charge in [0.25, 0.3) is 0 Å². The molecular formula is C14H16N2OS. The van der Waals surface area contributed by atoms with Crippen molar-refractivity contribution in [2.75, 3.05) is 0 Å². The number of amides is 1. The Kier molecular flexibility index (Phi) is 3.48. The van der Waals surface area contributed by atoms with E-state index in [0.717, 1.165) is 21.1 Å². The molecule has 18 heavy (non-hydrogen) atoms. The molecule has 0 unspecified atom stereocenters. The second-order valence-corrected chi connectivity index (χ2v) is 5.76. The Balaban J connectivity index is 2.47. The van der Waals surface area contributed by atoms with Crippen molar-refractivity contribution in [3.8, 4) is 11.3 Å². The molecule has 0 spiro atoms. The van der Waals surface area contributed by atoms with E-state index in [1.54, 1.807) is 11.3 Å². The van der Waals surface area contributed by atoms with Crippen LogP contribution in [0.2, 0.25) is 0 Å². The lowest BCUT2D eigenvalue weighted by atomic mass is 10.0. The van der Waals surface area contributed by atoms with Crippen molar-refractivity contribution in [1.82, 2.24) is 4.98 Å². The third kappa shape index (κ3) is 2.59. The number of carbonyl (C=O) groups is 1. The van der Waals surface area contributed by atoms with Gasteiger partial charge in [-0.3, -0.25) is 4.79 Å². The van der Waals surface area contributed by atoms with E-state index >= 15 is 0 Å². The highest BCUT2D eigenvalue weighted by Gasteiger charge is 2.13. The van der Waals surface area contributed by atoms with Crippen LogP contribution in [0.5, 0.6) is 0 Å². The van der Waals surface area contributed by atoms with Crippen molar-refractivity contribution in [2.24, 2.45) is 5.73 Å². The Labute approximate surface area is 111 Å². The first-order valence-corrected chi connectivity index (χ1v) is 6.61. The highest BCUT2D eigenvalue weighted by atomic mass is 32.1. The van der Waals surface area contributed by atoms with Crippen LogP contribution in [0.3, 0.4) is 0 Å². The molecule has 2 N–H and O–H groups in total. The van der Waals surface area contributed by atoms with Crippen LogP contribution >= 0.6 is 11.3 Å². The topological polar surface area (TPSA) is 56.0 Å². The number of aromatic nitrogens is 1. The minimum atomic E-state index is -0.337. The molecule has 0 bridgehead atoms. The van der Waals surface area contributed by atoms with Crippen LogP contribution in [0.1, 0.15) is 21.0 Å². The molecule has 2 rings (SSSR count). The Bertz CT molecular complexity index is 602. The summed E-state index contributed by atoms with van der Waals surface area (Å²) in [7, 11) is 0. The SMILES string of the molecule is Cc1ccc(C)c(-c2nc(CC(N)=O)sc2C)c1. The fourth-order valence-electron chi connectivity index (χ4n) is 1.92. The lowest BCUT2D eigenvalue weighted by molar-refractivity contribution is -0.117. The zero-order chi connectivity index (χ0) is 13.3. The van der Waals surface area contributed by atoms with E-state index in [2.05, 4.69) is 37.0 Å². The zero-order valence-corrected chi connectivity index (χ0v) is 11.6. The lowest BCUT2D eigenvalue weighted by Crippen LogP contribution is -2.13. The molecule has 0 aliphatic carbocycles. The van der Waals surface area contributed by atoms with Crippen molar-refractivity contribution in [1.29, 1.82) is 0 Å². The lowest BCUT2D eigenvalue weighted by Gasteiger charge is -2.05. The van der Waals surface area contributed by atoms with Gasteiger partial charge in [-0.2, -0.15) is 0 Å². The van der Waals surface area contributed by atoms with Crippen molar-refractivity contribution < 1.29 is 4.79 Å². The van der Waals surface area contributed by atoms with Crippen LogP contribution in [0.15, 0.2) is 18.2 Å².